The standard InChI is InChI=1S/C18H11BrCl2N2OS/c19-13-5-1-12(2-6-13)16-10-25-18(22-16)23-17(24)8-4-11-3-7-14(20)9-15(11)21/h1-10H,(H,22,23,24)/b8-4+. The van der Waals surface area contributed by atoms with Crippen LogP contribution >= 0.6 is 50.5 Å². The Morgan fingerprint density at radius 3 is 2.64 bits per heavy atom. The summed E-state index contributed by atoms with van der Waals surface area (Å²) in [5.74, 6) is -0.275. The lowest BCUT2D eigenvalue weighted by molar-refractivity contribution is -0.111. The van der Waals surface area contributed by atoms with Crippen molar-refractivity contribution < 1.29 is 4.79 Å². The van der Waals surface area contributed by atoms with Crippen LogP contribution in [0.25, 0.3) is 17.3 Å². The van der Waals surface area contributed by atoms with E-state index in [1.165, 1.54) is 17.4 Å². The van der Waals surface area contributed by atoms with Gasteiger partial charge in [0.25, 0.3) is 0 Å². The molecule has 3 aromatic rings. The summed E-state index contributed by atoms with van der Waals surface area (Å²) in [6.45, 7) is 0. The van der Waals surface area contributed by atoms with Crippen molar-refractivity contribution in [1.82, 2.24) is 4.98 Å². The van der Waals surface area contributed by atoms with E-state index in [4.69, 9.17) is 23.2 Å². The van der Waals surface area contributed by atoms with Gasteiger partial charge in [-0.1, -0.05) is 57.3 Å². The number of aromatic nitrogens is 1. The molecule has 2 aromatic carbocycles. The van der Waals surface area contributed by atoms with Gasteiger partial charge < -0.3 is 0 Å². The van der Waals surface area contributed by atoms with E-state index >= 15 is 0 Å². The fourth-order valence-corrected chi connectivity index (χ4v) is 3.49. The number of hydrogen-bond donors (Lipinski definition) is 1. The summed E-state index contributed by atoms with van der Waals surface area (Å²) in [6.07, 6.45) is 3.05. The summed E-state index contributed by atoms with van der Waals surface area (Å²) >= 11 is 16.7. The van der Waals surface area contributed by atoms with Gasteiger partial charge in [0.2, 0.25) is 5.91 Å². The van der Waals surface area contributed by atoms with Gasteiger partial charge in [0.15, 0.2) is 5.13 Å². The highest BCUT2D eigenvalue weighted by molar-refractivity contribution is 9.10. The van der Waals surface area contributed by atoms with Crippen molar-refractivity contribution in [2.75, 3.05) is 5.32 Å². The summed E-state index contributed by atoms with van der Waals surface area (Å²) < 4.78 is 1.01. The molecule has 126 valence electrons. The number of rotatable bonds is 4. The third-order valence-electron chi connectivity index (χ3n) is 3.25. The molecule has 0 bridgehead atoms. The monoisotopic (exact) mass is 452 g/mol. The largest absolute Gasteiger partial charge is 0.298 e. The van der Waals surface area contributed by atoms with E-state index in [0.717, 1.165) is 21.3 Å². The highest BCUT2D eigenvalue weighted by Crippen LogP contribution is 2.26. The molecule has 0 atom stereocenters. The maximum absolute atomic E-state index is 12.0. The van der Waals surface area contributed by atoms with E-state index < -0.39 is 0 Å². The zero-order valence-corrected chi connectivity index (χ0v) is 16.6. The minimum absolute atomic E-state index is 0.275. The van der Waals surface area contributed by atoms with Crippen molar-refractivity contribution in [3.05, 3.63) is 74.0 Å². The third kappa shape index (κ3) is 4.92. The van der Waals surface area contributed by atoms with Crippen molar-refractivity contribution in [2.24, 2.45) is 0 Å². The van der Waals surface area contributed by atoms with Gasteiger partial charge >= 0.3 is 0 Å². The molecule has 25 heavy (non-hydrogen) atoms. The summed E-state index contributed by atoms with van der Waals surface area (Å²) in [4.78, 5) is 16.5. The Labute approximate surface area is 167 Å². The molecule has 1 N–H and O–H groups in total. The lowest BCUT2D eigenvalue weighted by atomic mass is 10.2. The molecular formula is C18H11BrCl2N2OS. The Balaban J connectivity index is 1.67. The Kier molecular flexibility index (Phi) is 5.91. The quantitative estimate of drug-likeness (QED) is 0.456. The smallest absolute Gasteiger partial charge is 0.250 e. The van der Waals surface area contributed by atoms with E-state index in [1.807, 2.05) is 29.6 Å². The van der Waals surface area contributed by atoms with Crippen LogP contribution in [-0.4, -0.2) is 10.9 Å². The van der Waals surface area contributed by atoms with Gasteiger partial charge in [-0.05, 0) is 35.9 Å². The number of thiazole rings is 1. The van der Waals surface area contributed by atoms with Crippen LogP contribution in [0.2, 0.25) is 10.0 Å². The first-order valence-electron chi connectivity index (χ1n) is 7.17. The molecule has 0 radical (unpaired) electrons. The maximum Gasteiger partial charge on any atom is 0.250 e. The van der Waals surface area contributed by atoms with Gasteiger partial charge in [-0.3, -0.25) is 10.1 Å². The Morgan fingerprint density at radius 1 is 1.16 bits per heavy atom. The van der Waals surface area contributed by atoms with Crippen molar-refractivity contribution in [3.8, 4) is 11.3 Å². The van der Waals surface area contributed by atoms with Crippen LogP contribution in [0, 0.1) is 0 Å². The predicted octanol–water partition coefficient (Wildman–Crippen LogP) is 6.53. The van der Waals surface area contributed by atoms with E-state index in [1.54, 1.807) is 24.3 Å². The molecule has 0 unspecified atom stereocenters. The number of hydrogen-bond acceptors (Lipinski definition) is 3. The molecule has 1 amide bonds. The Bertz CT molecular complexity index is 939. The third-order valence-corrected chi connectivity index (χ3v) is 5.10. The first-order valence-corrected chi connectivity index (χ1v) is 9.60. The topological polar surface area (TPSA) is 42.0 Å². The Morgan fingerprint density at radius 2 is 1.92 bits per heavy atom. The van der Waals surface area contributed by atoms with Gasteiger partial charge in [-0.25, -0.2) is 4.98 Å². The number of nitrogens with one attached hydrogen (secondary N) is 1. The van der Waals surface area contributed by atoms with Gasteiger partial charge in [-0.15, -0.1) is 11.3 Å². The predicted molar refractivity (Wildman–Crippen MR) is 109 cm³/mol. The lowest BCUT2D eigenvalue weighted by Crippen LogP contribution is -2.07. The number of benzene rings is 2. The summed E-state index contributed by atoms with van der Waals surface area (Å²) in [6, 6.07) is 12.9. The normalized spacial score (nSPS) is 11.0. The first-order chi connectivity index (χ1) is 12.0. The zero-order valence-electron chi connectivity index (χ0n) is 12.7. The highest BCUT2D eigenvalue weighted by Gasteiger charge is 2.07. The number of halogens is 3. The van der Waals surface area contributed by atoms with Gasteiger partial charge in [0, 0.05) is 31.5 Å². The van der Waals surface area contributed by atoms with Gasteiger partial charge in [-0.2, -0.15) is 0 Å². The second kappa shape index (κ2) is 8.15. The van der Waals surface area contributed by atoms with Crippen LogP contribution in [0.15, 0.2) is 58.4 Å². The molecule has 0 fully saturated rings. The molecular weight excluding hydrogens is 443 g/mol. The lowest BCUT2D eigenvalue weighted by Gasteiger charge is -1.99. The van der Waals surface area contributed by atoms with Gasteiger partial charge in [0.1, 0.15) is 0 Å². The van der Waals surface area contributed by atoms with Crippen molar-refractivity contribution in [1.29, 1.82) is 0 Å². The highest BCUT2D eigenvalue weighted by atomic mass is 79.9. The zero-order chi connectivity index (χ0) is 17.8. The number of nitrogens with zero attached hydrogens (tertiary/aromatic N) is 1. The van der Waals surface area contributed by atoms with Crippen LogP contribution in [0.4, 0.5) is 5.13 Å². The second-order valence-corrected chi connectivity index (χ2v) is 7.65. The molecule has 0 aliphatic rings. The van der Waals surface area contributed by atoms with Crippen molar-refractivity contribution in [3.63, 3.8) is 0 Å². The molecule has 3 nitrogen and oxygen atoms in total. The average molecular weight is 454 g/mol. The van der Waals surface area contributed by atoms with E-state index in [2.05, 4.69) is 26.2 Å². The molecule has 0 aliphatic heterocycles. The van der Waals surface area contributed by atoms with Gasteiger partial charge in [0.05, 0.1) is 5.69 Å². The molecule has 1 heterocycles. The first kappa shape index (κ1) is 18.1. The average Bonchev–Trinajstić information content (AvgIpc) is 3.03. The molecule has 0 saturated heterocycles. The van der Waals surface area contributed by atoms with Crippen LogP contribution in [0.1, 0.15) is 5.56 Å². The molecule has 7 heteroatoms. The maximum atomic E-state index is 12.0. The summed E-state index contributed by atoms with van der Waals surface area (Å²) in [5, 5.41) is 6.23. The van der Waals surface area contributed by atoms with E-state index in [9.17, 15) is 4.79 Å². The molecule has 0 aliphatic carbocycles. The number of carbonyl (C=O) groups excluding carboxylic acids is 1. The number of carbonyl (C=O) groups is 1. The number of amides is 1. The Hall–Kier alpha value is -1.66. The fourth-order valence-electron chi connectivity index (χ4n) is 2.03. The minimum atomic E-state index is -0.275. The fraction of sp³-hybridized carbons (Fsp3) is 0. The van der Waals surface area contributed by atoms with Crippen LogP contribution in [-0.2, 0) is 4.79 Å². The number of anilines is 1. The summed E-state index contributed by atoms with van der Waals surface area (Å²) in [5.41, 5.74) is 2.52. The molecule has 3 rings (SSSR count). The van der Waals surface area contributed by atoms with Crippen LogP contribution in [0.5, 0.6) is 0 Å². The van der Waals surface area contributed by atoms with Crippen molar-refractivity contribution in [2.45, 2.75) is 0 Å². The molecule has 0 saturated carbocycles. The van der Waals surface area contributed by atoms with Crippen LogP contribution < -0.4 is 5.32 Å². The SMILES string of the molecule is O=C(/C=C/c1ccc(Cl)cc1Cl)Nc1nc(-c2ccc(Br)cc2)cs1. The molecule has 1 aromatic heterocycles. The van der Waals surface area contributed by atoms with E-state index in [0.29, 0.717) is 15.2 Å². The van der Waals surface area contributed by atoms with E-state index in [-0.39, 0.29) is 5.91 Å². The summed E-state index contributed by atoms with van der Waals surface area (Å²) in [7, 11) is 0. The second-order valence-electron chi connectivity index (χ2n) is 5.03. The minimum Gasteiger partial charge on any atom is -0.298 e. The van der Waals surface area contributed by atoms with Crippen molar-refractivity contribution >= 4 is 67.6 Å². The van der Waals surface area contributed by atoms with Crippen LogP contribution in [0.3, 0.4) is 0 Å². The molecule has 0 spiro atoms.